The van der Waals surface area contributed by atoms with Crippen molar-refractivity contribution in [2.75, 3.05) is 4.90 Å². The molecule has 5 heteroatoms. The normalized spacial score (nSPS) is 20.2. The van der Waals surface area contributed by atoms with Gasteiger partial charge in [0.1, 0.15) is 5.82 Å². The summed E-state index contributed by atoms with van der Waals surface area (Å²) in [6.07, 6.45) is 0.192. The van der Waals surface area contributed by atoms with Crippen molar-refractivity contribution in [2.45, 2.75) is 26.3 Å². The highest BCUT2D eigenvalue weighted by atomic mass is 19.1. The van der Waals surface area contributed by atoms with Crippen molar-refractivity contribution in [3.63, 3.8) is 0 Å². The summed E-state index contributed by atoms with van der Waals surface area (Å²) in [4.78, 5) is 24.7. The Kier molecular flexibility index (Phi) is 3.32. The summed E-state index contributed by atoms with van der Waals surface area (Å²) < 4.78 is 13.6. The van der Waals surface area contributed by atoms with Crippen LogP contribution in [0.15, 0.2) is 24.3 Å². The molecule has 0 aromatic heterocycles. The smallest absolute Gasteiger partial charge is 0.329 e. The number of anilines is 1. The highest BCUT2D eigenvalue weighted by Gasteiger charge is 2.35. The number of benzene rings is 1. The Morgan fingerprint density at radius 2 is 2.00 bits per heavy atom. The fraction of sp³-hybridized carbons (Fsp3) is 0.385. The van der Waals surface area contributed by atoms with Crippen molar-refractivity contribution in [3.8, 4) is 0 Å². The van der Waals surface area contributed by atoms with Crippen molar-refractivity contribution in [3.05, 3.63) is 30.1 Å². The molecule has 1 aliphatic rings. The van der Waals surface area contributed by atoms with E-state index in [9.17, 15) is 14.0 Å². The van der Waals surface area contributed by atoms with Crippen LogP contribution >= 0.6 is 0 Å². The van der Waals surface area contributed by atoms with Crippen LogP contribution in [0.5, 0.6) is 0 Å². The third kappa shape index (κ3) is 2.20. The molecule has 0 bridgehead atoms. The first-order valence-electron chi connectivity index (χ1n) is 5.88. The maximum atomic E-state index is 13.6. The van der Waals surface area contributed by atoms with E-state index in [1.807, 2.05) is 13.8 Å². The summed E-state index contributed by atoms with van der Waals surface area (Å²) in [5, 5.41) is 2.72. The minimum Gasteiger partial charge on any atom is -0.334 e. The van der Waals surface area contributed by atoms with Gasteiger partial charge in [-0.1, -0.05) is 26.0 Å². The number of nitrogens with one attached hydrogen (secondary N) is 1. The zero-order chi connectivity index (χ0) is 13.3. The number of imide groups is 1. The minimum absolute atomic E-state index is 0.00204. The maximum Gasteiger partial charge on any atom is 0.329 e. The van der Waals surface area contributed by atoms with Gasteiger partial charge in [0.15, 0.2) is 0 Å². The SMILES string of the molecule is CC(C)C1CC(=O)N(c2ccccc2F)C(=O)N1. The number of hydrogen-bond acceptors (Lipinski definition) is 2. The maximum absolute atomic E-state index is 13.6. The van der Waals surface area contributed by atoms with Crippen LogP contribution in [-0.4, -0.2) is 18.0 Å². The Bertz CT molecular complexity index is 470. The lowest BCUT2D eigenvalue weighted by atomic mass is 9.98. The fourth-order valence-electron chi connectivity index (χ4n) is 1.95. The van der Waals surface area contributed by atoms with Crippen LogP contribution in [0.4, 0.5) is 14.9 Å². The molecule has 3 amide bonds. The number of halogens is 1. The van der Waals surface area contributed by atoms with E-state index < -0.39 is 11.8 Å². The predicted molar refractivity (Wildman–Crippen MR) is 65.7 cm³/mol. The molecule has 96 valence electrons. The average molecular weight is 250 g/mol. The highest BCUT2D eigenvalue weighted by Crippen LogP contribution is 2.24. The monoisotopic (exact) mass is 250 g/mol. The second-order valence-electron chi connectivity index (χ2n) is 4.68. The molecule has 0 aliphatic carbocycles. The summed E-state index contributed by atoms with van der Waals surface area (Å²) in [5.41, 5.74) is 0.00204. The third-order valence-electron chi connectivity index (χ3n) is 3.05. The van der Waals surface area contributed by atoms with Gasteiger partial charge in [0.05, 0.1) is 5.69 Å². The molecule has 1 heterocycles. The molecule has 1 saturated heterocycles. The van der Waals surface area contributed by atoms with E-state index in [0.717, 1.165) is 4.90 Å². The number of hydrogen-bond donors (Lipinski definition) is 1. The quantitative estimate of drug-likeness (QED) is 0.875. The van der Waals surface area contributed by atoms with Gasteiger partial charge in [0, 0.05) is 12.5 Å². The van der Waals surface area contributed by atoms with E-state index in [1.54, 1.807) is 6.07 Å². The van der Waals surface area contributed by atoms with E-state index in [0.29, 0.717) is 0 Å². The Balaban J connectivity index is 2.29. The Morgan fingerprint density at radius 1 is 1.33 bits per heavy atom. The zero-order valence-electron chi connectivity index (χ0n) is 10.3. The van der Waals surface area contributed by atoms with Crippen LogP contribution in [-0.2, 0) is 4.79 Å². The van der Waals surface area contributed by atoms with Crippen LogP contribution in [0.2, 0.25) is 0 Å². The van der Waals surface area contributed by atoms with E-state index >= 15 is 0 Å². The lowest BCUT2D eigenvalue weighted by Gasteiger charge is -2.33. The molecular formula is C13H15FN2O2. The summed E-state index contributed by atoms with van der Waals surface area (Å²) in [5.74, 6) is -0.785. The summed E-state index contributed by atoms with van der Waals surface area (Å²) >= 11 is 0. The van der Waals surface area contributed by atoms with Crippen molar-refractivity contribution < 1.29 is 14.0 Å². The van der Waals surface area contributed by atoms with Crippen molar-refractivity contribution in [1.29, 1.82) is 0 Å². The van der Waals surface area contributed by atoms with Gasteiger partial charge in [-0.25, -0.2) is 14.1 Å². The van der Waals surface area contributed by atoms with Gasteiger partial charge in [-0.05, 0) is 18.1 Å². The second kappa shape index (κ2) is 4.76. The predicted octanol–water partition coefficient (Wildman–Crippen LogP) is 2.30. The van der Waals surface area contributed by atoms with Gasteiger partial charge in [-0.2, -0.15) is 0 Å². The standard InChI is InChI=1S/C13H15FN2O2/c1-8(2)10-7-12(17)16(13(18)15-10)11-6-4-3-5-9(11)14/h3-6,8,10H,7H2,1-2H3,(H,15,18). The minimum atomic E-state index is -0.580. The topological polar surface area (TPSA) is 49.4 Å². The average Bonchev–Trinajstić information content (AvgIpc) is 2.30. The molecule has 1 atom stereocenters. The largest absolute Gasteiger partial charge is 0.334 e. The van der Waals surface area contributed by atoms with Crippen LogP contribution < -0.4 is 10.2 Å². The number of carbonyl (C=O) groups is 2. The van der Waals surface area contributed by atoms with Crippen LogP contribution in [0.25, 0.3) is 0 Å². The van der Waals surface area contributed by atoms with Crippen molar-refractivity contribution >= 4 is 17.6 Å². The first-order valence-corrected chi connectivity index (χ1v) is 5.88. The number of para-hydroxylation sites is 1. The van der Waals surface area contributed by atoms with E-state index in [-0.39, 0.29) is 30.0 Å². The number of urea groups is 1. The molecule has 0 spiro atoms. The first kappa shape index (κ1) is 12.5. The molecule has 18 heavy (non-hydrogen) atoms. The summed E-state index contributed by atoms with van der Waals surface area (Å²) in [6, 6.07) is 5.01. The number of carbonyl (C=O) groups excluding carboxylic acids is 2. The highest BCUT2D eigenvalue weighted by molar-refractivity contribution is 6.16. The number of nitrogens with zero attached hydrogens (tertiary/aromatic N) is 1. The molecule has 1 aromatic carbocycles. The van der Waals surface area contributed by atoms with Crippen molar-refractivity contribution in [1.82, 2.24) is 5.32 Å². The summed E-state index contributed by atoms with van der Waals surface area (Å²) in [6.45, 7) is 3.86. The molecule has 2 rings (SSSR count). The molecule has 0 saturated carbocycles. The molecule has 4 nitrogen and oxygen atoms in total. The number of rotatable bonds is 2. The molecule has 1 unspecified atom stereocenters. The lowest BCUT2D eigenvalue weighted by Crippen LogP contribution is -2.56. The van der Waals surface area contributed by atoms with Gasteiger partial charge in [-0.3, -0.25) is 4.79 Å². The van der Waals surface area contributed by atoms with Crippen molar-refractivity contribution in [2.24, 2.45) is 5.92 Å². The van der Waals surface area contributed by atoms with Gasteiger partial charge < -0.3 is 5.32 Å². The van der Waals surface area contributed by atoms with Gasteiger partial charge in [-0.15, -0.1) is 0 Å². The Labute approximate surface area is 105 Å². The van der Waals surface area contributed by atoms with E-state index in [4.69, 9.17) is 0 Å². The summed E-state index contributed by atoms with van der Waals surface area (Å²) in [7, 11) is 0. The molecule has 1 fully saturated rings. The van der Waals surface area contributed by atoms with Gasteiger partial charge >= 0.3 is 6.03 Å². The van der Waals surface area contributed by atoms with E-state index in [2.05, 4.69) is 5.32 Å². The Morgan fingerprint density at radius 3 is 2.56 bits per heavy atom. The third-order valence-corrected chi connectivity index (χ3v) is 3.05. The molecule has 1 aromatic rings. The molecule has 1 N–H and O–H groups in total. The van der Waals surface area contributed by atoms with Crippen LogP contribution in [0, 0.1) is 11.7 Å². The molecule has 0 radical (unpaired) electrons. The Hall–Kier alpha value is -1.91. The molecule has 1 aliphatic heterocycles. The lowest BCUT2D eigenvalue weighted by molar-refractivity contribution is -0.119. The van der Waals surface area contributed by atoms with Crippen LogP contribution in [0.3, 0.4) is 0 Å². The first-order chi connectivity index (χ1) is 8.50. The number of amides is 3. The molecular weight excluding hydrogens is 235 g/mol. The van der Waals surface area contributed by atoms with E-state index in [1.165, 1.54) is 18.2 Å². The zero-order valence-corrected chi connectivity index (χ0v) is 10.3. The van der Waals surface area contributed by atoms with Gasteiger partial charge in [0.25, 0.3) is 0 Å². The van der Waals surface area contributed by atoms with Crippen LogP contribution in [0.1, 0.15) is 20.3 Å². The van der Waals surface area contributed by atoms with Gasteiger partial charge in [0.2, 0.25) is 5.91 Å². The second-order valence-corrected chi connectivity index (χ2v) is 4.68. The fourth-order valence-corrected chi connectivity index (χ4v) is 1.95.